The van der Waals surface area contributed by atoms with Crippen LogP contribution in [0.1, 0.15) is 16.7 Å². The Morgan fingerprint density at radius 2 is 1.73 bits per heavy atom. The normalized spacial score (nSPS) is 12.5. The number of aromatic nitrogens is 1. The molecule has 9 heteroatoms. The highest BCUT2D eigenvalue weighted by molar-refractivity contribution is 6.29. The van der Waals surface area contributed by atoms with Crippen molar-refractivity contribution in [2.45, 2.75) is 25.1 Å². The van der Waals surface area contributed by atoms with E-state index in [0.717, 1.165) is 12.1 Å². The minimum absolute atomic E-state index is 0.00173. The number of hydrogen-bond donors (Lipinski definition) is 2. The Balaban J connectivity index is 1.99. The van der Waals surface area contributed by atoms with Crippen molar-refractivity contribution in [1.29, 1.82) is 0 Å². The van der Waals surface area contributed by atoms with E-state index in [0.29, 0.717) is 11.1 Å². The Morgan fingerprint density at radius 3 is 2.23 bits per heavy atom. The monoisotopic (exact) mass is 386 g/mol. The van der Waals surface area contributed by atoms with E-state index in [4.69, 9.17) is 11.6 Å². The van der Waals surface area contributed by atoms with Crippen LogP contribution in [0.25, 0.3) is 0 Å². The number of alkyl halides is 3. The van der Waals surface area contributed by atoms with Crippen molar-refractivity contribution in [3.63, 3.8) is 0 Å². The molecule has 0 unspecified atom stereocenters. The molecule has 1 aromatic carbocycles. The Bertz CT molecular complexity index is 777. The van der Waals surface area contributed by atoms with E-state index in [1.165, 1.54) is 24.4 Å². The van der Waals surface area contributed by atoms with E-state index in [9.17, 15) is 27.9 Å². The number of nitrogens with one attached hydrogen (secondary N) is 1. The van der Waals surface area contributed by atoms with Gasteiger partial charge in [0.05, 0.1) is 12.0 Å². The zero-order valence-electron chi connectivity index (χ0n) is 13.3. The molecule has 0 spiro atoms. The van der Waals surface area contributed by atoms with Gasteiger partial charge in [-0.25, -0.2) is 9.78 Å². The number of amides is 1. The first kappa shape index (κ1) is 19.7. The van der Waals surface area contributed by atoms with Gasteiger partial charge in [0.15, 0.2) is 0 Å². The van der Waals surface area contributed by atoms with Crippen molar-refractivity contribution in [3.05, 3.63) is 64.4 Å². The number of nitrogens with zero attached hydrogens (tertiary/aromatic N) is 1. The van der Waals surface area contributed by atoms with Gasteiger partial charge >= 0.3 is 12.1 Å². The fourth-order valence-electron chi connectivity index (χ4n) is 2.21. The molecular formula is C17H14ClF3N2O3. The lowest BCUT2D eigenvalue weighted by Gasteiger charge is -2.15. The Labute approximate surface area is 151 Å². The molecule has 0 aliphatic rings. The predicted molar refractivity (Wildman–Crippen MR) is 87.7 cm³/mol. The van der Waals surface area contributed by atoms with Crippen molar-refractivity contribution in [3.8, 4) is 0 Å². The number of rotatable bonds is 6. The molecule has 0 radical (unpaired) electrons. The number of hydrogen-bond acceptors (Lipinski definition) is 3. The highest BCUT2D eigenvalue weighted by Crippen LogP contribution is 2.29. The lowest BCUT2D eigenvalue weighted by Crippen LogP contribution is -2.43. The van der Waals surface area contributed by atoms with Gasteiger partial charge in [-0.15, -0.1) is 0 Å². The number of pyridine rings is 1. The van der Waals surface area contributed by atoms with E-state index in [1.807, 2.05) is 0 Å². The van der Waals surface area contributed by atoms with E-state index < -0.39 is 29.7 Å². The topological polar surface area (TPSA) is 79.3 Å². The van der Waals surface area contributed by atoms with Crippen LogP contribution >= 0.6 is 11.6 Å². The minimum atomic E-state index is -4.46. The van der Waals surface area contributed by atoms with Crippen LogP contribution in [-0.4, -0.2) is 28.0 Å². The maximum absolute atomic E-state index is 12.5. The molecule has 2 aromatic rings. The summed E-state index contributed by atoms with van der Waals surface area (Å²) in [5.74, 6) is -1.85. The molecule has 1 amide bonds. The minimum Gasteiger partial charge on any atom is -0.480 e. The molecular weight excluding hydrogens is 373 g/mol. The van der Waals surface area contributed by atoms with E-state index in [2.05, 4.69) is 10.3 Å². The average Bonchev–Trinajstić information content (AvgIpc) is 2.55. The quantitative estimate of drug-likeness (QED) is 0.748. The average molecular weight is 387 g/mol. The molecule has 26 heavy (non-hydrogen) atoms. The van der Waals surface area contributed by atoms with Crippen LogP contribution in [-0.2, 0) is 28.6 Å². The summed E-state index contributed by atoms with van der Waals surface area (Å²) in [6, 6.07) is 6.00. The molecule has 138 valence electrons. The van der Waals surface area contributed by atoms with Crippen molar-refractivity contribution in [2.24, 2.45) is 0 Å². The summed E-state index contributed by atoms with van der Waals surface area (Å²) in [4.78, 5) is 27.2. The SMILES string of the molecule is O=C(Cc1ccc(C(F)(F)F)cc1)N[C@H](Cc1ccc(Cl)nc1)C(=O)O. The third-order valence-corrected chi connectivity index (χ3v) is 3.73. The van der Waals surface area contributed by atoms with Crippen LogP contribution < -0.4 is 5.32 Å². The first-order valence-electron chi connectivity index (χ1n) is 7.44. The summed E-state index contributed by atoms with van der Waals surface area (Å²) in [6.07, 6.45) is -3.29. The predicted octanol–water partition coefficient (Wildman–Crippen LogP) is 3.11. The van der Waals surface area contributed by atoms with Crippen LogP contribution in [0.4, 0.5) is 13.2 Å². The van der Waals surface area contributed by atoms with Gasteiger partial charge in [-0.3, -0.25) is 4.79 Å². The Hall–Kier alpha value is -2.61. The summed E-state index contributed by atoms with van der Waals surface area (Å²) in [5, 5.41) is 11.9. The first-order valence-corrected chi connectivity index (χ1v) is 7.81. The van der Waals surface area contributed by atoms with Crippen molar-refractivity contribution in [1.82, 2.24) is 10.3 Å². The number of aliphatic carboxylic acids is 1. The molecule has 1 atom stereocenters. The highest BCUT2D eigenvalue weighted by atomic mass is 35.5. The zero-order valence-corrected chi connectivity index (χ0v) is 14.0. The zero-order chi connectivity index (χ0) is 19.3. The van der Waals surface area contributed by atoms with E-state index >= 15 is 0 Å². The molecule has 1 aromatic heterocycles. The lowest BCUT2D eigenvalue weighted by atomic mass is 10.1. The number of carbonyl (C=O) groups is 2. The molecule has 0 aliphatic heterocycles. The third-order valence-electron chi connectivity index (χ3n) is 3.51. The third kappa shape index (κ3) is 5.73. The highest BCUT2D eigenvalue weighted by Gasteiger charge is 2.30. The summed E-state index contributed by atoms with van der Waals surface area (Å²) in [5.41, 5.74) is 0.0877. The second kappa shape index (κ2) is 8.18. The fraction of sp³-hybridized carbons (Fsp3) is 0.235. The van der Waals surface area contributed by atoms with Gasteiger partial charge in [-0.05, 0) is 29.3 Å². The number of benzene rings is 1. The fourth-order valence-corrected chi connectivity index (χ4v) is 2.32. The second-order valence-corrected chi connectivity index (χ2v) is 5.91. The van der Waals surface area contributed by atoms with Crippen LogP contribution in [0, 0.1) is 0 Å². The molecule has 0 aliphatic carbocycles. The van der Waals surface area contributed by atoms with Gasteiger partial charge < -0.3 is 10.4 Å². The molecule has 2 rings (SSSR count). The van der Waals surface area contributed by atoms with Gasteiger partial charge in [0.1, 0.15) is 11.2 Å². The van der Waals surface area contributed by atoms with Gasteiger partial charge in [0.2, 0.25) is 5.91 Å². The summed E-state index contributed by atoms with van der Waals surface area (Å²) >= 11 is 5.66. The molecule has 0 fully saturated rings. The van der Waals surface area contributed by atoms with E-state index in [1.54, 1.807) is 6.07 Å². The number of carbonyl (C=O) groups excluding carboxylic acids is 1. The van der Waals surface area contributed by atoms with Crippen molar-refractivity contribution >= 4 is 23.5 Å². The second-order valence-electron chi connectivity index (χ2n) is 5.52. The van der Waals surface area contributed by atoms with Crippen molar-refractivity contribution < 1.29 is 27.9 Å². The standard InChI is InChI=1S/C17H14ClF3N2O3/c18-14-6-3-11(9-22-14)7-13(16(25)26)23-15(24)8-10-1-4-12(5-2-10)17(19,20)21/h1-6,9,13H,7-8H2,(H,23,24)(H,25,26)/t13-/m1/s1. The maximum atomic E-state index is 12.5. The van der Waals surface area contributed by atoms with Gasteiger partial charge in [0.25, 0.3) is 0 Å². The molecule has 1 heterocycles. The van der Waals surface area contributed by atoms with Crippen LogP contribution in [0.5, 0.6) is 0 Å². The largest absolute Gasteiger partial charge is 0.480 e. The smallest absolute Gasteiger partial charge is 0.416 e. The molecule has 5 nitrogen and oxygen atoms in total. The van der Waals surface area contributed by atoms with E-state index in [-0.39, 0.29) is 18.0 Å². The molecule has 0 saturated carbocycles. The van der Waals surface area contributed by atoms with Gasteiger partial charge in [-0.2, -0.15) is 13.2 Å². The summed E-state index contributed by atoms with van der Waals surface area (Å²) in [6.45, 7) is 0. The lowest BCUT2D eigenvalue weighted by molar-refractivity contribution is -0.141. The summed E-state index contributed by atoms with van der Waals surface area (Å²) < 4.78 is 37.6. The Morgan fingerprint density at radius 1 is 1.12 bits per heavy atom. The first-order chi connectivity index (χ1) is 12.1. The van der Waals surface area contributed by atoms with Crippen LogP contribution in [0.15, 0.2) is 42.6 Å². The molecule has 0 bridgehead atoms. The van der Waals surface area contributed by atoms with Crippen LogP contribution in [0.3, 0.4) is 0 Å². The Kier molecular flexibility index (Phi) is 6.20. The van der Waals surface area contributed by atoms with Gasteiger partial charge in [0, 0.05) is 12.6 Å². The number of halogens is 4. The van der Waals surface area contributed by atoms with Gasteiger partial charge in [-0.1, -0.05) is 29.8 Å². The molecule has 0 saturated heterocycles. The van der Waals surface area contributed by atoms with Crippen LogP contribution in [0.2, 0.25) is 5.15 Å². The van der Waals surface area contributed by atoms with Crippen molar-refractivity contribution in [2.75, 3.05) is 0 Å². The number of carboxylic acids is 1. The number of carboxylic acid groups (broad SMARTS) is 1. The summed E-state index contributed by atoms with van der Waals surface area (Å²) in [7, 11) is 0. The molecule has 2 N–H and O–H groups in total. The maximum Gasteiger partial charge on any atom is 0.416 e.